The van der Waals surface area contributed by atoms with E-state index in [1.165, 1.54) is 6.08 Å². The van der Waals surface area contributed by atoms with Gasteiger partial charge in [0, 0.05) is 6.04 Å². The summed E-state index contributed by atoms with van der Waals surface area (Å²) in [6.07, 6.45) is 1.51. The number of carbonyl (C=O) groups excluding carboxylic acids is 2. The third-order valence-electron chi connectivity index (χ3n) is 1.08. The van der Waals surface area contributed by atoms with Gasteiger partial charge in [-0.1, -0.05) is 6.08 Å². The number of amides is 1. The molecule has 0 saturated heterocycles. The van der Waals surface area contributed by atoms with Crippen LogP contribution in [0.2, 0.25) is 0 Å². The van der Waals surface area contributed by atoms with Crippen LogP contribution in [0, 0.1) is 0 Å². The van der Waals surface area contributed by atoms with Crippen molar-refractivity contribution in [2.45, 2.75) is 13.0 Å². The molecule has 1 unspecified atom stereocenters. The van der Waals surface area contributed by atoms with E-state index in [2.05, 4.69) is 16.6 Å². The normalized spacial score (nSPS) is 11.5. The predicted molar refractivity (Wildman–Crippen MR) is 39.8 cm³/mol. The van der Waals surface area contributed by atoms with Gasteiger partial charge in [-0.2, -0.15) is 0 Å². The molecule has 0 spiro atoms. The first kappa shape index (κ1) is 9.68. The van der Waals surface area contributed by atoms with Crippen LogP contribution in [0.25, 0.3) is 0 Å². The Labute approximate surface area is 65.2 Å². The lowest BCUT2D eigenvalue weighted by Gasteiger charge is -2.06. The molecule has 0 saturated carbocycles. The van der Waals surface area contributed by atoms with Crippen LogP contribution >= 0.6 is 0 Å². The van der Waals surface area contributed by atoms with Crippen LogP contribution in [0.3, 0.4) is 0 Å². The second-order valence-corrected chi connectivity index (χ2v) is 1.99. The van der Waals surface area contributed by atoms with E-state index in [1.54, 1.807) is 6.92 Å². The van der Waals surface area contributed by atoms with Gasteiger partial charge in [0.25, 0.3) is 0 Å². The maximum Gasteiger partial charge on any atom is 0.396 e. The van der Waals surface area contributed by atoms with E-state index < -0.39 is 11.9 Å². The van der Waals surface area contributed by atoms with Gasteiger partial charge in [0.15, 0.2) is 0 Å². The Hall–Kier alpha value is -1.32. The molecule has 1 N–H and O–H groups in total. The summed E-state index contributed by atoms with van der Waals surface area (Å²) in [6.45, 7) is 5.13. The molecule has 4 heteroatoms. The maximum absolute atomic E-state index is 10.7. The predicted octanol–water partition coefficient (Wildman–Crippen LogP) is -0.150. The summed E-state index contributed by atoms with van der Waals surface area (Å²) in [5.41, 5.74) is 0. The molecule has 0 aromatic heterocycles. The number of rotatable bonds is 2. The number of esters is 1. The molecule has 0 aliphatic rings. The Morgan fingerprint density at radius 3 is 2.55 bits per heavy atom. The molecule has 0 radical (unpaired) electrons. The molecule has 11 heavy (non-hydrogen) atoms. The summed E-state index contributed by atoms with van der Waals surface area (Å²) in [6, 6.07) is -0.221. The van der Waals surface area contributed by atoms with Gasteiger partial charge in [0.2, 0.25) is 0 Å². The van der Waals surface area contributed by atoms with Gasteiger partial charge < -0.3 is 10.1 Å². The summed E-state index contributed by atoms with van der Waals surface area (Å²) in [4.78, 5) is 21.2. The van der Waals surface area contributed by atoms with Crippen molar-refractivity contribution in [3.8, 4) is 0 Å². The van der Waals surface area contributed by atoms with Gasteiger partial charge in [-0.3, -0.25) is 4.79 Å². The summed E-state index contributed by atoms with van der Waals surface area (Å²) in [7, 11) is 1.15. The second-order valence-electron chi connectivity index (χ2n) is 1.99. The topological polar surface area (TPSA) is 55.4 Å². The van der Waals surface area contributed by atoms with Crippen LogP contribution in [0.5, 0.6) is 0 Å². The number of nitrogens with one attached hydrogen (secondary N) is 1. The molecule has 0 aliphatic heterocycles. The molecule has 1 atom stereocenters. The Morgan fingerprint density at radius 1 is 1.64 bits per heavy atom. The smallest absolute Gasteiger partial charge is 0.396 e. The van der Waals surface area contributed by atoms with Gasteiger partial charge in [-0.05, 0) is 6.92 Å². The summed E-state index contributed by atoms with van der Waals surface area (Å²) in [5.74, 6) is -1.64. The maximum atomic E-state index is 10.7. The lowest BCUT2D eigenvalue weighted by Crippen LogP contribution is -2.37. The van der Waals surface area contributed by atoms with Gasteiger partial charge in [-0.25, -0.2) is 4.79 Å². The van der Waals surface area contributed by atoms with Crippen molar-refractivity contribution in [1.29, 1.82) is 0 Å². The minimum Gasteiger partial charge on any atom is -0.462 e. The zero-order valence-corrected chi connectivity index (χ0v) is 6.59. The fraction of sp³-hybridized carbons (Fsp3) is 0.429. The Bertz CT molecular complexity index is 177. The number of ether oxygens (including phenoxy) is 1. The van der Waals surface area contributed by atoms with Crippen LogP contribution < -0.4 is 5.32 Å². The van der Waals surface area contributed by atoms with Gasteiger partial charge >= 0.3 is 11.9 Å². The van der Waals surface area contributed by atoms with Crippen LogP contribution in [0.4, 0.5) is 0 Å². The minimum absolute atomic E-state index is 0.221. The molecule has 62 valence electrons. The zero-order valence-electron chi connectivity index (χ0n) is 6.59. The van der Waals surface area contributed by atoms with E-state index in [1.807, 2.05) is 0 Å². The molecule has 4 nitrogen and oxygen atoms in total. The Balaban J connectivity index is 3.87. The molecule has 0 rings (SSSR count). The lowest BCUT2D eigenvalue weighted by atomic mass is 10.3. The first-order valence-corrected chi connectivity index (χ1v) is 3.13. The summed E-state index contributed by atoms with van der Waals surface area (Å²) in [5, 5.41) is 2.35. The molecule has 0 aromatic carbocycles. The third-order valence-corrected chi connectivity index (χ3v) is 1.08. The van der Waals surface area contributed by atoms with Crippen LogP contribution in [-0.4, -0.2) is 25.0 Å². The molecule has 0 bridgehead atoms. The molecular weight excluding hydrogens is 146 g/mol. The van der Waals surface area contributed by atoms with Crippen LogP contribution in [-0.2, 0) is 14.3 Å². The second kappa shape index (κ2) is 4.49. The fourth-order valence-electron chi connectivity index (χ4n) is 0.417. The van der Waals surface area contributed by atoms with Crippen molar-refractivity contribution in [1.82, 2.24) is 5.32 Å². The Kier molecular flexibility index (Phi) is 3.95. The number of carbonyl (C=O) groups is 2. The molecular formula is C7H11NO3. The average molecular weight is 157 g/mol. The highest BCUT2D eigenvalue weighted by atomic mass is 16.5. The first-order valence-electron chi connectivity index (χ1n) is 3.13. The van der Waals surface area contributed by atoms with Crippen LogP contribution in [0.1, 0.15) is 6.92 Å². The lowest BCUT2D eigenvalue weighted by molar-refractivity contribution is -0.152. The number of hydrogen-bond donors (Lipinski definition) is 1. The number of methoxy groups -OCH3 is 1. The van der Waals surface area contributed by atoms with Gasteiger partial charge in [0.1, 0.15) is 0 Å². The highest BCUT2D eigenvalue weighted by Gasteiger charge is 2.13. The molecule has 0 aliphatic carbocycles. The third kappa shape index (κ3) is 3.40. The van der Waals surface area contributed by atoms with E-state index in [4.69, 9.17) is 0 Å². The van der Waals surface area contributed by atoms with E-state index in [0.717, 1.165) is 7.11 Å². The van der Waals surface area contributed by atoms with Crippen molar-refractivity contribution >= 4 is 11.9 Å². The highest BCUT2D eigenvalue weighted by Crippen LogP contribution is 1.82. The molecule has 0 fully saturated rings. The van der Waals surface area contributed by atoms with Crippen LogP contribution in [0.15, 0.2) is 12.7 Å². The van der Waals surface area contributed by atoms with Gasteiger partial charge in [-0.15, -0.1) is 6.58 Å². The average Bonchev–Trinajstić information content (AvgIpc) is 2.02. The Morgan fingerprint density at radius 2 is 2.18 bits per heavy atom. The van der Waals surface area contributed by atoms with Crippen molar-refractivity contribution in [2.75, 3.05) is 7.11 Å². The van der Waals surface area contributed by atoms with Crippen molar-refractivity contribution < 1.29 is 14.3 Å². The van der Waals surface area contributed by atoms with E-state index in [0.29, 0.717) is 0 Å². The molecule has 0 heterocycles. The summed E-state index contributed by atoms with van der Waals surface area (Å²) < 4.78 is 4.17. The number of hydrogen-bond acceptors (Lipinski definition) is 3. The minimum atomic E-state index is -0.890. The monoisotopic (exact) mass is 157 g/mol. The fourth-order valence-corrected chi connectivity index (χ4v) is 0.417. The largest absolute Gasteiger partial charge is 0.462 e. The first-order chi connectivity index (χ1) is 5.11. The van der Waals surface area contributed by atoms with Crippen molar-refractivity contribution in [3.63, 3.8) is 0 Å². The van der Waals surface area contributed by atoms with E-state index >= 15 is 0 Å². The molecule has 1 amide bonds. The van der Waals surface area contributed by atoms with Crippen molar-refractivity contribution in [2.24, 2.45) is 0 Å². The zero-order chi connectivity index (χ0) is 8.85. The van der Waals surface area contributed by atoms with Gasteiger partial charge in [0.05, 0.1) is 7.11 Å². The SMILES string of the molecule is C=CC(C)NC(=O)C(=O)OC. The van der Waals surface area contributed by atoms with Crippen molar-refractivity contribution in [3.05, 3.63) is 12.7 Å². The van der Waals surface area contributed by atoms with E-state index in [9.17, 15) is 9.59 Å². The standard InChI is InChI=1S/C7H11NO3/c1-4-5(2)8-6(9)7(10)11-3/h4-5H,1H2,2-3H3,(H,8,9). The quantitative estimate of drug-likeness (QED) is 0.344. The van der Waals surface area contributed by atoms with E-state index in [-0.39, 0.29) is 6.04 Å². The molecule has 0 aromatic rings. The summed E-state index contributed by atoms with van der Waals surface area (Å²) >= 11 is 0. The highest BCUT2D eigenvalue weighted by molar-refractivity contribution is 6.32.